The zero-order valence-corrected chi connectivity index (χ0v) is 19.4. The largest absolute Gasteiger partial charge is 0.481 e. The summed E-state index contributed by atoms with van der Waals surface area (Å²) in [6.45, 7) is 2.82. The molecule has 1 atom stereocenters. The van der Waals surface area contributed by atoms with Crippen LogP contribution in [0.4, 0.5) is 4.79 Å². The fourth-order valence-electron chi connectivity index (χ4n) is 4.15. The van der Waals surface area contributed by atoms with Crippen molar-refractivity contribution in [2.24, 2.45) is 5.92 Å². The summed E-state index contributed by atoms with van der Waals surface area (Å²) >= 11 is 0. The second-order valence-corrected chi connectivity index (χ2v) is 8.53. The fourth-order valence-corrected chi connectivity index (χ4v) is 4.15. The summed E-state index contributed by atoms with van der Waals surface area (Å²) in [6, 6.07) is 16.3. The summed E-state index contributed by atoms with van der Waals surface area (Å²) < 4.78 is 7.21. The molecule has 1 aliphatic carbocycles. The Morgan fingerprint density at radius 2 is 1.69 bits per heavy atom. The number of nitrogens with one attached hydrogen (secondary N) is 2. The summed E-state index contributed by atoms with van der Waals surface area (Å²) in [4.78, 5) is 39.3. The van der Waals surface area contributed by atoms with E-state index in [2.05, 4.69) is 39.9 Å². The number of benzene rings is 2. The first kappa shape index (κ1) is 24.0. The van der Waals surface area contributed by atoms with Crippen molar-refractivity contribution in [3.05, 3.63) is 77.9 Å². The van der Waals surface area contributed by atoms with Crippen LogP contribution in [0.5, 0.6) is 0 Å². The van der Waals surface area contributed by atoms with Gasteiger partial charge in [-0.15, -0.1) is 0 Å². The molecule has 2 aromatic carbocycles. The second-order valence-electron chi connectivity index (χ2n) is 8.53. The number of hydrogen-bond acceptors (Lipinski definition) is 5. The fraction of sp³-hybridized carbons (Fsp3) is 0.308. The SMILES string of the molecule is CC(CCNC(=O)c1cn(CCNC(=O)OCC2c3ccccc3-c3ccccc32)cn1)C(=O)O. The molecular weight excluding hydrogens is 448 g/mol. The lowest BCUT2D eigenvalue weighted by atomic mass is 9.98. The van der Waals surface area contributed by atoms with Gasteiger partial charge in [0.25, 0.3) is 5.91 Å². The van der Waals surface area contributed by atoms with Crippen molar-refractivity contribution in [3.8, 4) is 11.1 Å². The molecule has 0 saturated carbocycles. The Balaban J connectivity index is 1.21. The predicted molar refractivity (Wildman–Crippen MR) is 129 cm³/mol. The molecule has 0 aliphatic heterocycles. The number of fused-ring (bicyclic) bond motifs is 3. The average Bonchev–Trinajstić information content (AvgIpc) is 3.45. The van der Waals surface area contributed by atoms with Gasteiger partial charge in [-0.2, -0.15) is 0 Å². The number of rotatable bonds is 10. The van der Waals surface area contributed by atoms with E-state index in [0.717, 1.165) is 11.1 Å². The minimum Gasteiger partial charge on any atom is -0.481 e. The van der Waals surface area contributed by atoms with Crippen molar-refractivity contribution >= 4 is 18.0 Å². The zero-order valence-electron chi connectivity index (χ0n) is 19.4. The van der Waals surface area contributed by atoms with Gasteiger partial charge < -0.3 is 25.0 Å². The topological polar surface area (TPSA) is 123 Å². The summed E-state index contributed by atoms with van der Waals surface area (Å²) in [5.41, 5.74) is 4.89. The monoisotopic (exact) mass is 476 g/mol. The van der Waals surface area contributed by atoms with Crippen LogP contribution >= 0.6 is 0 Å². The third kappa shape index (κ3) is 5.68. The molecule has 1 aromatic heterocycles. The normalized spacial score (nSPS) is 12.9. The third-order valence-electron chi connectivity index (χ3n) is 6.13. The minimum atomic E-state index is -0.896. The Kier molecular flexibility index (Phi) is 7.45. The number of aromatic nitrogens is 2. The number of carbonyl (C=O) groups excluding carboxylic acids is 2. The summed E-state index contributed by atoms with van der Waals surface area (Å²) in [5, 5.41) is 14.3. The molecule has 0 spiro atoms. The molecule has 35 heavy (non-hydrogen) atoms. The molecule has 3 aromatic rings. The first-order valence-corrected chi connectivity index (χ1v) is 11.6. The Morgan fingerprint density at radius 1 is 1.03 bits per heavy atom. The van der Waals surface area contributed by atoms with Crippen molar-refractivity contribution < 1.29 is 24.2 Å². The van der Waals surface area contributed by atoms with E-state index in [-0.39, 0.29) is 30.7 Å². The Bertz CT molecular complexity index is 1180. The van der Waals surface area contributed by atoms with Crippen LogP contribution in [-0.2, 0) is 16.1 Å². The van der Waals surface area contributed by atoms with Gasteiger partial charge in [0.1, 0.15) is 12.3 Å². The summed E-state index contributed by atoms with van der Waals surface area (Å²) in [6.07, 6.45) is 2.92. The van der Waals surface area contributed by atoms with Crippen molar-refractivity contribution in [2.45, 2.75) is 25.8 Å². The Hall–Kier alpha value is -4.14. The van der Waals surface area contributed by atoms with Gasteiger partial charge in [0.15, 0.2) is 0 Å². The van der Waals surface area contributed by atoms with E-state index >= 15 is 0 Å². The van der Waals surface area contributed by atoms with Crippen molar-refractivity contribution in [1.29, 1.82) is 0 Å². The van der Waals surface area contributed by atoms with Gasteiger partial charge in [0.05, 0.1) is 12.2 Å². The molecule has 0 saturated heterocycles. The molecule has 0 bridgehead atoms. The van der Waals surface area contributed by atoms with E-state index < -0.39 is 18.0 Å². The third-order valence-corrected chi connectivity index (χ3v) is 6.13. The van der Waals surface area contributed by atoms with Gasteiger partial charge in [-0.05, 0) is 28.7 Å². The number of carbonyl (C=O) groups is 3. The summed E-state index contributed by atoms with van der Waals surface area (Å²) in [5.74, 6) is -1.79. The highest BCUT2D eigenvalue weighted by atomic mass is 16.5. The highest BCUT2D eigenvalue weighted by Gasteiger charge is 2.28. The first-order valence-electron chi connectivity index (χ1n) is 11.6. The number of hydrogen-bond donors (Lipinski definition) is 3. The van der Waals surface area contributed by atoms with E-state index in [9.17, 15) is 14.4 Å². The molecule has 0 radical (unpaired) electrons. The highest BCUT2D eigenvalue weighted by molar-refractivity contribution is 5.92. The van der Waals surface area contributed by atoms with Crippen LogP contribution in [0.15, 0.2) is 61.1 Å². The number of amides is 2. The van der Waals surface area contributed by atoms with Gasteiger partial charge >= 0.3 is 12.1 Å². The quantitative estimate of drug-likeness (QED) is 0.413. The molecule has 1 heterocycles. The lowest BCUT2D eigenvalue weighted by Gasteiger charge is -2.14. The van der Waals surface area contributed by atoms with Gasteiger partial charge in [-0.1, -0.05) is 55.5 Å². The number of nitrogens with zero attached hydrogens (tertiary/aromatic N) is 2. The molecule has 1 aliphatic rings. The van der Waals surface area contributed by atoms with Gasteiger partial charge in [0, 0.05) is 31.7 Å². The standard InChI is InChI=1S/C26H28N4O5/c1-17(25(32)33)10-11-27-24(31)23-14-30(16-29-23)13-12-28-26(34)35-15-22-20-8-4-2-6-18(20)19-7-3-5-9-21(19)22/h2-9,14,16-17,22H,10-13,15H2,1H3,(H,27,31)(H,28,34)(H,32,33). The lowest BCUT2D eigenvalue weighted by molar-refractivity contribution is -0.141. The van der Waals surface area contributed by atoms with Crippen LogP contribution in [0.3, 0.4) is 0 Å². The maximum Gasteiger partial charge on any atom is 0.407 e. The van der Waals surface area contributed by atoms with E-state index in [1.807, 2.05) is 24.3 Å². The van der Waals surface area contributed by atoms with E-state index in [4.69, 9.17) is 9.84 Å². The maximum atomic E-state index is 12.3. The molecule has 9 nitrogen and oxygen atoms in total. The van der Waals surface area contributed by atoms with Crippen LogP contribution in [-0.4, -0.2) is 52.3 Å². The number of imidazole rings is 1. The second kappa shape index (κ2) is 10.9. The molecule has 1 unspecified atom stereocenters. The number of carboxylic acid groups (broad SMARTS) is 1. The predicted octanol–water partition coefficient (Wildman–Crippen LogP) is 3.26. The molecule has 182 valence electrons. The van der Waals surface area contributed by atoms with E-state index in [0.29, 0.717) is 19.5 Å². The van der Waals surface area contributed by atoms with Crippen molar-refractivity contribution in [3.63, 3.8) is 0 Å². The molecular formula is C26H28N4O5. The van der Waals surface area contributed by atoms with Crippen molar-refractivity contribution in [2.75, 3.05) is 19.7 Å². The summed E-state index contributed by atoms with van der Waals surface area (Å²) in [7, 11) is 0. The van der Waals surface area contributed by atoms with Gasteiger partial charge in [-0.25, -0.2) is 9.78 Å². The minimum absolute atomic E-state index is 0.00126. The molecule has 0 fully saturated rings. The van der Waals surface area contributed by atoms with Crippen LogP contribution < -0.4 is 10.6 Å². The lowest BCUT2D eigenvalue weighted by Crippen LogP contribution is -2.29. The van der Waals surface area contributed by atoms with Gasteiger partial charge in [-0.3, -0.25) is 9.59 Å². The average molecular weight is 477 g/mol. The van der Waals surface area contributed by atoms with Crippen molar-refractivity contribution in [1.82, 2.24) is 20.2 Å². The number of alkyl carbamates (subject to hydrolysis) is 1. The highest BCUT2D eigenvalue weighted by Crippen LogP contribution is 2.44. The number of carboxylic acids is 1. The van der Waals surface area contributed by atoms with Crippen LogP contribution in [0.2, 0.25) is 0 Å². The molecule has 2 amide bonds. The molecule has 3 N–H and O–H groups in total. The van der Waals surface area contributed by atoms with E-state index in [1.54, 1.807) is 17.7 Å². The van der Waals surface area contributed by atoms with Crippen LogP contribution in [0, 0.1) is 5.92 Å². The molecule has 9 heteroatoms. The van der Waals surface area contributed by atoms with Gasteiger partial charge in [0.2, 0.25) is 0 Å². The van der Waals surface area contributed by atoms with E-state index in [1.165, 1.54) is 17.5 Å². The zero-order chi connectivity index (χ0) is 24.8. The Morgan fingerprint density at radius 3 is 2.34 bits per heavy atom. The number of aliphatic carboxylic acids is 1. The Labute approximate surface area is 203 Å². The number of ether oxygens (including phenoxy) is 1. The van der Waals surface area contributed by atoms with Crippen LogP contribution in [0.25, 0.3) is 11.1 Å². The van der Waals surface area contributed by atoms with Crippen LogP contribution in [0.1, 0.15) is 40.9 Å². The molecule has 4 rings (SSSR count). The smallest absolute Gasteiger partial charge is 0.407 e. The maximum absolute atomic E-state index is 12.3. The first-order chi connectivity index (χ1) is 16.9.